The van der Waals surface area contributed by atoms with Gasteiger partial charge in [0.25, 0.3) is 0 Å². The van der Waals surface area contributed by atoms with Crippen LogP contribution in [0, 0.1) is 22.7 Å². The quantitative estimate of drug-likeness (QED) is 0.722. The minimum atomic E-state index is 0.546. The van der Waals surface area contributed by atoms with Crippen molar-refractivity contribution in [3.63, 3.8) is 0 Å². The molecule has 0 amide bonds. The number of hydrogen-bond donors (Lipinski definition) is 0. The van der Waals surface area contributed by atoms with Crippen LogP contribution < -0.4 is 0 Å². The van der Waals surface area contributed by atoms with E-state index in [1.54, 1.807) is 35.9 Å². The SMILES string of the molecule is N#Cc1ccc(-c2ccc(-c3ccc(C#N)cn3)s2)nc1. The molecule has 0 N–H and O–H groups in total. The van der Waals surface area contributed by atoms with Gasteiger partial charge >= 0.3 is 0 Å². The molecule has 0 radical (unpaired) electrons. The predicted octanol–water partition coefficient (Wildman–Crippen LogP) is 3.62. The van der Waals surface area contributed by atoms with Crippen LogP contribution in [0.15, 0.2) is 48.8 Å². The number of aromatic nitrogens is 2. The first-order valence-corrected chi connectivity index (χ1v) is 6.94. The highest BCUT2D eigenvalue weighted by molar-refractivity contribution is 7.18. The van der Waals surface area contributed by atoms with E-state index in [1.165, 1.54) is 0 Å². The number of nitrogens with zero attached hydrogens (tertiary/aromatic N) is 4. The second-order valence-corrected chi connectivity index (χ2v) is 5.34. The van der Waals surface area contributed by atoms with Crippen molar-refractivity contribution in [3.05, 3.63) is 59.9 Å². The van der Waals surface area contributed by atoms with Gasteiger partial charge in [0.2, 0.25) is 0 Å². The Morgan fingerprint density at radius 3 is 1.52 bits per heavy atom. The molecule has 0 aliphatic rings. The molecule has 3 aromatic rings. The molecule has 0 aliphatic heterocycles. The standard InChI is InChI=1S/C16H8N4S/c17-7-11-1-3-13(19-9-11)15-5-6-16(21-15)14-4-2-12(8-18)10-20-14/h1-6,9-10H. The molecule has 0 saturated heterocycles. The van der Waals surface area contributed by atoms with Gasteiger partial charge in [0.05, 0.1) is 32.3 Å². The average Bonchev–Trinajstić information content (AvgIpc) is 3.05. The summed E-state index contributed by atoms with van der Waals surface area (Å²) in [6.07, 6.45) is 3.13. The molecule has 0 bridgehead atoms. The number of thiophene rings is 1. The molecule has 3 rings (SSSR count). The number of hydrogen-bond acceptors (Lipinski definition) is 5. The van der Waals surface area contributed by atoms with Gasteiger partial charge in [-0.05, 0) is 36.4 Å². The summed E-state index contributed by atoms with van der Waals surface area (Å²) in [5, 5.41) is 17.6. The zero-order chi connectivity index (χ0) is 14.7. The van der Waals surface area contributed by atoms with Crippen LogP contribution >= 0.6 is 11.3 Å². The maximum Gasteiger partial charge on any atom is 0.101 e. The van der Waals surface area contributed by atoms with Crippen molar-refractivity contribution in [2.24, 2.45) is 0 Å². The molecule has 0 saturated carbocycles. The average molecular weight is 288 g/mol. The van der Waals surface area contributed by atoms with Gasteiger partial charge < -0.3 is 0 Å². The maximum atomic E-state index is 8.78. The highest BCUT2D eigenvalue weighted by Crippen LogP contribution is 2.32. The van der Waals surface area contributed by atoms with Crippen LogP contribution in [0.2, 0.25) is 0 Å². The van der Waals surface area contributed by atoms with E-state index >= 15 is 0 Å². The monoisotopic (exact) mass is 288 g/mol. The molecule has 0 unspecified atom stereocenters. The molecule has 4 nitrogen and oxygen atoms in total. The molecule has 0 spiro atoms. The Morgan fingerprint density at radius 2 is 1.19 bits per heavy atom. The van der Waals surface area contributed by atoms with Crippen LogP contribution in [0.4, 0.5) is 0 Å². The lowest BCUT2D eigenvalue weighted by Gasteiger charge is -1.97. The third kappa shape index (κ3) is 2.64. The molecule has 5 heteroatoms. The number of rotatable bonds is 2. The second-order valence-electron chi connectivity index (χ2n) is 4.25. The van der Waals surface area contributed by atoms with E-state index in [0.29, 0.717) is 11.1 Å². The summed E-state index contributed by atoms with van der Waals surface area (Å²) in [5.74, 6) is 0. The largest absolute Gasteiger partial charge is 0.254 e. The third-order valence-electron chi connectivity index (χ3n) is 2.90. The predicted molar refractivity (Wildman–Crippen MR) is 80.2 cm³/mol. The molecular formula is C16H8N4S. The van der Waals surface area contributed by atoms with E-state index in [0.717, 1.165) is 21.1 Å². The van der Waals surface area contributed by atoms with E-state index in [1.807, 2.05) is 24.3 Å². The summed E-state index contributed by atoms with van der Waals surface area (Å²) in [7, 11) is 0. The van der Waals surface area contributed by atoms with Crippen LogP contribution in [0.25, 0.3) is 21.1 Å². The molecule has 0 aliphatic carbocycles. The Bertz CT molecular complexity index is 777. The first kappa shape index (κ1) is 13.0. The van der Waals surface area contributed by atoms with E-state index in [2.05, 4.69) is 22.1 Å². The summed E-state index contributed by atoms with van der Waals surface area (Å²) in [5.41, 5.74) is 2.76. The van der Waals surface area contributed by atoms with Crippen molar-refractivity contribution in [2.45, 2.75) is 0 Å². The lowest BCUT2D eigenvalue weighted by atomic mass is 10.2. The first-order valence-electron chi connectivity index (χ1n) is 6.13. The molecule has 98 valence electrons. The Hall–Kier alpha value is -3.02. The van der Waals surface area contributed by atoms with Gasteiger partial charge in [-0.15, -0.1) is 11.3 Å². The van der Waals surface area contributed by atoms with Crippen LogP contribution in [-0.4, -0.2) is 9.97 Å². The minimum absolute atomic E-state index is 0.546. The Labute approximate surface area is 125 Å². The van der Waals surface area contributed by atoms with Crippen LogP contribution in [0.1, 0.15) is 11.1 Å². The fraction of sp³-hybridized carbons (Fsp3) is 0. The summed E-state index contributed by atoms with van der Waals surface area (Å²) >= 11 is 1.58. The van der Waals surface area contributed by atoms with Gasteiger partial charge in [-0.25, -0.2) is 0 Å². The lowest BCUT2D eigenvalue weighted by molar-refractivity contribution is 1.31. The minimum Gasteiger partial charge on any atom is -0.254 e. The normalized spacial score (nSPS) is 9.81. The second kappa shape index (κ2) is 5.54. The van der Waals surface area contributed by atoms with Gasteiger partial charge in [-0.2, -0.15) is 10.5 Å². The van der Waals surface area contributed by atoms with Gasteiger partial charge in [-0.3, -0.25) is 9.97 Å². The Morgan fingerprint density at radius 1 is 0.714 bits per heavy atom. The molecule has 0 atom stereocenters. The zero-order valence-corrected chi connectivity index (χ0v) is 11.6. The first-order chi connectivity index (χ1) is 10.3. The van der Waals surface area contributed by atoms with Crippen molar-refractivity contribution in [1.29, 1.82) is 10.5 Å². The summed E-state index contributed by atoms with van der Waals surface area (Å²) < 4.78 is 0. The van der Waals surface area contributed by atoms with Crippen molar-refractivity contribution < 1.29 is 0 Å². The zero-order valence-electron chi connectivity index (χ0n) is 10.8. The number of nitriles is 2. The van der Waals surface area contributed by atoms with Crippen LogP contribution in [0.5, 0.6) is 0 Å². The van der Waals surface area contributed by atoms with E-state index in [9.17, 15) is 0 Å². The third-order valence-corrected chi connectivity index (χ3v) is 4.03. The summed E-state index contributed by atoms with van der Waals surface area (Å²) in [6, 6.07) is 15.2. The molecule has 0 aromatic carbocycles. The van der Waals surface area contributed by atoms with E-state index in [4.69, 9.17) is 10.5 Å². The lowest BCUT2D eigenvalue weighted by Crippen LogP contribution is -1.81. The fourth-order valence-corrected chi connectivity index (χ4v) is 2.78. The van der Waals surface area contributed by atoms with Gasteiger partial charge in [0.1, 0.15) is 12.1 Å². The highest BCUT2D eigenvalue weighted by Gasteiger charge is 2.07. The summed E-state index contributed by atoms with van der Waals surface area (Å²) in [4.78, 5) is 10.6. The van der Waals surface area contributed by atoms with Crippen molar-refractivity contribution in [1.82, 2.24) is 9.97 Å². The van der Waals surface area contributed by atoms with Crippen molar-refractivity contribution in [3.8, 4) is 33.3 Å². The smallest absolute Gasteiger partial charge is 0.101 e. The van der Waals surface area contributed by atoms with Gasteiger partial charge in [0, 0.05) is 12.4 Å². The maximum absolute atomic E-state index is 8.78. The molecular weight excluding hydrogens is 280 g/mol. The van der Waals surface area contributed by atoms with Gasteiger partial charge in [-0.1, -0.05) is 0 Å². The van der Waals surface area contributed by atoms with Crippen LogP contribution in [-0.2, 0) is 0 Å². The molecule has 3 heterocycles. The van der Waals surface area contributed by atoms with Gasteiger partial charge in [0.15, 0.2) is 0 Å². The van der Waals surface area contributed by atoms with E-state index < -0.39 is 0 Å². The molecule has 0 fully saturated rings. The van der Waals surface area contributed by atoms with E-state index in [-0.39, 0.29) is 0 Å². The van der Waals surface area contributed by atoms with Crippen LogP contribution in [0.3, 0.4) is 0 Å². The van der Waals surface area contributed by atoms with Crippen molar-refractivity contribution in [2.75, 3.05) is 0 Å². The van der Waals surface area contributed by atoms with Crippen molar-refractivity contribution >= 4 is 11.3 Å². The number of pyridine rings is 2. The highest BCUT2D eigenvalue weighted by atomic mass is 32.1. The Kier molecular flexibility index (Phi) is 3.42. The molecule has 3 aromatic heterocycles. The summed E-state index contributed by atoms with van der Waals surface area (Å²) in [6.45, 7) is 0. The topological polar surface area (TPSA) is 73.4 Å². The molecule has 21 heavy (non-hydrogen) atoms. The Balaban J connectivity index is 1.92. The fourth-order valence-electron chi connectivity index (χ4n) is 1.82.